The van der Waals surface area contributed by atoms with Crippen LogP contribution in [0.1, 0.15) is 12.5 Å². The Balaban J connectivity index is 1.59. The van der Waals surface area contributed by atoms with Gasteiger partial charge in [0, 0.05) is 16.9 Å². The van der Waals surface area contributed by atoms with Crippen molar-refractivity contribution < 1.29 is 14.3 Å². The fourth-order valence-corrected chi connectivity index (χ4v) is 4.18. The van der Waals surface area contributed by atoms with Gasteiger partial charge in [0.15, 0.2) is 11.0 Å². The molecule has 0 fully saturated rings. The van der Waals surface area contributed by atoms with Gasteiger partial charge < -0.3 is 14.8 Å². The van der Waals surface area contributed by atoms with Gasteiger partial charge in [-0.3, -0.25) is 9.36 Å². The average molecular weight is 475 g/mol. The Morgan fingerprint density at radius 1 is 0.941 bits per heavy atom. The van der Waals surface area contributed by atoms with Crippen LogP contribution in [0.2, 0.25) is 0 Å². The number of ether oxygens (including phenoxy) is 2. The highest BCUT2D eigenvalue weighted by atomic mass is 32.2. The molecule has 4 rings (SSSR count). The molecule has 7 nitrogen and oxygen atoms in total. The summed E-state index contributed by atoms with van der Waals surface area (Å²) < 4.78 is 12.6. The number of hydrogen-bond donors (Lipinski definition) is 1. The van der Waals surface area contributed by atoms with Crippen molar-refractivity contribution in [2.24, 2.45) is 0 Å². The molecule has 0 aliphatic carbocycles. The summed E-state index contributed by atoms with van der Waals surface area (Å²) in [6.07, 6.45) is 0.959. The second-order valence-corrected chi connectivity index (χ2v) is 8.40. The summed E-state index contributed by atoms with van der Waals surface area (Å²) >= 11 is 1.33. The lowest BCUT2D eigenvalue weighted by Crippen LogP contribution is -2.14. The Kier molecular flexibility index (Phi) is 7.49. The molecule has 3 aromatic carbocycles. The number of methoxy groups -OCH3 is 2. The second-order valence-electron chi connectivity index (χ2n) is 7.46. The zero-order valence-electron chi connectivity index (χ0n) is 19.3. The lowest BCUT2D eigenvalue weighted by atomic mass is 10.1. The zero-order chi connectivity index (χ0) is 23.9. The van der Waals surface area contributed by atoms with Crippen LogP contribution >= 0.6 is 11.8 Å². The predicted octanol–water partition coefficient (Wildman–Crippen LogP) is 5.24. The van der Waals surface area contributed by atoms with Crippen LogP contribution in [-0.4, -0.2) is 40.6 Å². The third-order valence-corrected chi connectivity index (χ3v) is 6.20. The van der Waals surface area contributed by atoms with E-state index in [1.165, 1.54) is 17.3 Å². The van der Waals surface area contributed by atoms with E-state index in [0.29, 0.717) is 11.0 Å². The first-order valence-electron chi connectivity index (χ1n) is 10.9. The van der Waals surface area contributed by atoms with E-state index < -0.39 is 0 Å². The molecule has 0 aliphatic rings. The standard InChI is InChI=1S/C26H26N4O3S/c1-4-18-8-10-20(11-9-18)27-24(31)17-34-26-29-28-25(19-6-5-7-23(16-19)33-3)30(26)21-12-14-22(32-2)15-13-21/h5-16H,4,17H2,1-3H3,(H,27,31). The number of nitrogens with one attached hydrogen (secondary N) is 1. The van der Waals surface area contributed by atoms with Gasteiger partial charge in [0.05, 0.1) is 20.0 Å². The first kappa shape index (κ1) is 23.4. The highest BCUT2D eigenvalue weighted by Crippen LogP contribution is 2.30. The highest BCUT2D eigenvalue weighted by molar-refractivity contribution is 7.99. The van der Waals surface area contributed by atoms with Crippen molar-refractivity contribution in [3.05, 3.63) is 78.4 Å². The maximum absolute atomic E-state index is 12.6. The van der Waals surface area contributed by atoms with Crippen molar-refractivity contribution in [2.75, 3.05) is 25.3 Å². The minimum atomic E-state index is -0.110. The molecule has 4 aromatic rings. The quantitative estimate of drug-likeness (QED) is 0.334. The molecule has 1 amide bonds. The van der Waals surface area contributed by atoms with Crippen molar-refractivity contribution in [1.29, 1.82) is 0 Å². The molecular weight excluding hydrogens is 448 g/mol. The van der Waals surface area contributed by atoms with Gasteiger partial charge >= 0.3 is 0 Å². The monoisotopic (exact) mass is 474 g/mol. The number of aryl methyl sites for hydroxylation is 1. The summed E-state index contributed by atoms with van der Waals surface area (Å²) in [7, 11) is 3.26. The van der Waals surface area contributed by atoms with Crippen LogP contribution in [0.3, 0.4) is 0 Å². The topological polar surface area (TPSA) is 78.3 Å². The third kappa shape index (κ3) is 5.40. The Hall–Kier alpha value is -3.78. The number of hydrogen-bond acceptors (Lipinski definition) is 6. The number of benzene rings is 3. The Bertz CT molecular complexity index is 1250. The fraction of sp³-hybridized carbons (Fsp3) is 0.192. The average Bonchev–Trinajstić information content (AvgIpc) is 3.32. The van der Waals surface area contributed by atoms with E-state index in [9.17, 15) is 4.79 Å². The molecule has 0 unspecified atom stereocenters. The first-order valence-corrected chi connectivity index (χ1v) is 11.9. The molecule has 1 N–H and O–H groups in total. The summed E-state index contributed by atoms with van der Waals surface area (Å²) in [4.78, 5) is 12.6. The van der Waals surface area contributed by atoms with Gasteiger partial charge in [-0.1, -0.05) is 43.0 Å². The van der Waals surface area contributed by atoms with E-state index in [2.05, 4.69) is 22.4 Å². The van der Waals surface area contributed by atoms with Crippen molar-refractivity contribution >= 4 is 23.4 Å². The number of thioether (sulfide) groups is 1. The van der Waals surface area contributed by atoms with E-state index in [0.717, 1.165) is 34.9 Å². The lowest BCUT2D eigenvalue weighted by molar-refractivity contribution is -0.113. The van der Waals surface area contributed by atoms with Crippen LogP contribution in [0, 0.1) is 0 Å². The first-order chi connectivity index (χ1) is 16.6. The summed E-state index contributed by atoms with van der Waals surface area (Å²) in [6, 6.07) is 23.2. The number of nitrogens with zero attached hydrogens (tertiary/aromatic N) is 3. The molecule has 0 spiro atoms. The van der Waals surface area contributed by atoms with Crippen LogP contribution < -0.4 is 14.8 Å². The summed E-state index contributed by atoms with van der Waals surface area (Å²) in [5.41, 5.74) is 3.72. The number of anilines is 1. The molecule has 34 heavy (non-hydrogen) atoms. The van der Waals surface area contributed by atoms with Gasteiger partial charge in [-0.05, 0) is 60.5 Å². The maximum atomic E-state index is 12.6. The minimum absolute atomic E-state index is 0.110. The molecule has 0 saturated heterocycles. The molecule has 0 radical (unpaired) electrons. The minimum Gasteiger partial charge on any atom is -0.497 e. The van der Waals surface area contributed by atoms with Crippen LogP contribution in [0.15, 0.2) is 78.0 Å². The molecule has 1 heterocycles. The van der Waals surface area contributed by atoms with E-state index in [1.54, 1.807) is 14.2 Å². The predicted molar refractivity (Wildman–Crippen MR) is 135 cm³/mol. The molecule has 174 valence electrons. The fourth-order valence-electron chi connectivity index (χ4n) is 3.43. The van der Waals surface area contributed by atoms with E-state index in [1.807, 2.05) is 77.4 Å². The zero-order valence-corrected chi connectivity index (χ0v) is 20.1. The van der Waals surface area contributed by atoms with Crippen LogP contribution in [0.4, 0.5) is 5.69 Å². The second kappa shape index (κ2) is 10.9. The molecule has 0 bridgehead atoms. The smallest absolute Gasteiger partial charge is 0.234 e. The Morgan fingerprint density at radius 2 is 1.68 bits per heavy atom. The number of carbonyl (C=O) groups excluding carboxylic acids is 1. The van der Waals surface area contributed by atoms with E-state index in [-0.39, 0.29) is 11.7 Å². The largest absolute Gasteiger partial charge is 0.497 e. The normalized spacial score (nSPS) is 10.7. The highest BCUT2D eigenvalue weighted by Gasteiger charge is 2.18. The van der Waals surface area contributed by atoms with Crippen molar-refractivity contribution in [3.63, 3.8) is 0 Å². The van der Waals surface area contributed by atoms with Gasteiger partial charge in [0.2, 0.25) is 5.91 Å². The summed E-state index contributed by atoms with van der Waals surface area (Å²) in [5.74, 6) is 2.22. The van der Waals surface area contributed by atoms with Crippen LogP contribution in [0.5, 0.6) is 11.5 Å². The number of amides is 1. The number of aromatic nitrogens is 3. The molecule has 0 saturated carbocycles. The lowest BCUT2D eigenvalue weighted by Gasteiger charge is -2.12. The summed E-state index contributed by atoms with van der Waals surface area (Å²) in [6.45, 7) is 2.10. The van der Waals surface area contributed by atoms with Crippen molar-refractivity contribution in [1.82, 2.24) is 14.8 Å². The SMILES string of the molecule is CCc1ccc(NC(=O)CSc2nnc(-c3cccc(OC)c3)n2-c2ccc(OC)cc2)cc1. The Labute approximate surface area is 203 Å². The van der Waals surface area contributed by atoms with Crippen LogP contribution in [-0.2, 0) is 11.2 Å². The van der Waals surface area contributed by atoms with Crippen LogP contribution in [0.25, 0.3) is 17.1 Å². The molecule has 1 aromatic heterocycles. The maximum Gasteiger partial charge on any atom is 0.234 e. The molecule has 8 heteroatoms. The molecule has 0 aliphatic heterocycles. The van der Waals surface area contributed by atoms with Crippen molar-refractivity contribution in [3.8, 4) is 28.6 Å². The van der Waals surface area contributed by atoms with Gasteiger partial charge in [0.1, 0.15) is 11.5 Å². The third-order valence-electron chi connectivity index (χ3n) is 5.27. The van der Waals surface area contributed by atoms with Crippen molar-refractivity contribution in [2.45, 2.75) is 18.5 Å². The van der Waals surface area contributed by atoms with E-state index in [4.69, 9.17) is 9.47 Å². The van der Waals surface area contributed by atoms with Gasteiger partial charge in [-0.25, -0.2) is 0 Å². The summed E-state index contributed by atoms with van der Waals surface area (Å²) in [5, 5.41) is 12.4. The molecule has 0 atom stereocenters. The van der Waals surface area contributed by atoms with Gasteiger partial charge in [-0.2, -0.15) is 0 Å². The van der Waals surface area contributed by atoms with Gasteiger partial charge in [-0.15, -0.1) is 10.2 Å². The number of rotatable bonds is 9. The van der Waals surface area contributed by atoms with E-state index >= 15 is 0 Å². The Morgan fingerprint density at radius 3 is 2.35 bits per heavy atom. The van der Waals surface area contributed by atoms with Gasteiger partial charge in [0.25, 0.3) is 0 Å². The molecular formula is C26H26N4O3S. The number of carbonyl (C=O) groups is 1.